The van der Waals surface area contributed by atoms with E-state index in [1.54, 1.807) is 25.4 Å². The van der Waals surface area contributed by atoms with E-state index < -0.39 is 0 Å². The molecular weight excluding hydrogens is 320 g/mol. The molecule has 0 aromatic carbocycles. The first-order chi connectivity index (χ1) is 12.0. The van der Waals surface area contributed by atoms with Gasteiger partial charge in [-0.15, -0.1) is 0 Å². The number of hydrogen-bond acceptors (Lipinski definition) is 6. The molecule has 3 heterocycles. The van der Waals surface area contributed by atoms with Crippen LogP contribution in [0.25, 0.3) is 0 Å². The highest BCUT2D eigenvalue weighted by Crippen LogP contribution is 2.30. The normalized spacial score (nSPS) is 18.2. The highest BCUT2D eigenvalue weighted by atomic mass is 16.5. The average molecular weight is 344 g/mol. The van der Waals surface area contributed by atoms with Crippen LogP contribution in [0.2, 0.25) is 0 Å². The minimum Gasteiger partial charge on any atom is -0.489 e. The smallest absolute Gasteiger partial charge is 0.256 e. The van der Waals surface area contributed by atoms with Gasteiger partial charge in [-0.2, -0.15) is 4.98 Å². The minimum absolute atomic E-state index is 0.0281. The number of nitrogens with zero attached hydrogens (tertiary/aromatic N) is 4. The van der Waals surface area contributed by atoms with Gasteiger partial charge in [0.2, 0.25) is 5.89 Å². The predicted molar refractivity (Wildman–Crippen MR) is 91.3 cm³/mol. The summed E-state index contributed by atoms with van der Waals surface area (Å²) < 4.78 is 10.8. The molecule has 0 radical (unpaired) electrons. The van der Waals surface area contributed by atoms with Crippen molar-refractivity contribution in [3.8, 4) is 5.75 Å². The van der Waals surface area contributed by atoms with Crippen LogP contribution >= 0.6 is 0 Å². The Bertz CT molecular complexity index is 729. The van der Waals surface area contributed by atoms with Crippen molar-refractivity contribution >= 4 is 5.91 Å². The Balaban J connectivity index is 1.87. The number of rotatable bonds is 4. The largest absolute Gasteiger partial charge is 0.489 e. The third kappa shape index (κ3) is 4.15. The van der Waals surface area contributed by atoms with Gasteiger partial charge in [-0.3, -0.25) is 9.78 Å². The topological polar surface area (TPSA) is 81.4 Å². The Morgan fingerprint density at radius 2 is 2.16 bits per heavy atom. The van der Waals surface area contributed by atoms with Gasteiger partial charge < -0.3 is 14.2 Å². The minimum atomic E-state index is -0.165. The van der Waals surface area contributed by atoms with Gasteiger partial charge in [-0.05, 0) is 32.8 Å². The van der Waals surface area contributed by atoms with Crippen LogP contribution in [0.3, 0.4) is 0 Å². The SMILES string of the molecule is Cc1nc(C2CCCCCN2C(=O)c2cncc(OC(C)C)c2)no1. The average Bonchev–Trinajstić information content (AvgIpc) is 2.86. The zero-order valence-electron chi connectivity index (χ0n) is 14.9. The summed E-state index contributed by atoms with van der Waals surface area (Å²) in [7, 11) is 0. The maximum absolute atomic E-state index is 13.1. The highest BCUT2D eigenvalue weighted by molar-refractivity contribution is 5.94. The second-order valence-corrected chi connectivity index (χ2v) is 6.61. The van der Waals surface area contributed by atoms with Crippen LogP contribution < -0.4 is 4.74 Å². The number of aromatic nitrogens is 3. The van der Waals surface area contributed by atoms with Crippen LogP contribution in [0.1, 0.15) is 67.6 Å². The van der Waals surface area contributed by atoms with Gasteiger partial charge in [0.1, 0.15) is 5.75 Å². The summed E-state index contributed by atoms with van der Waals surface area (Å²) in [4.78, 5) is 23.5. The van der Waals surface area contributed by atoms with Crippen LogP contribution in [0.5, 0.6) is 5.75 Å². The number of carbonyl (C=O) groups excluding carboxylic acids is 1. The summed E-state index contributed by atoms with van der Waals surface area (Å²) in [6.07, 6.45) is 7.16. The molecular formula is C18H24N4O3. The molecule has 0 bridgehead atoms. The third-order valence-corrected chi connectivity index (χ3v) is 4.19. The molecule has 1 unspecified atom stereocenters. The van der Waals surface area contributed by atoms with Crippen molar-refractivity contribution in [1.82, 2.24) is 20.0 Å². The maximum Gasteiger partial charge on any atom is 0.256 e. The second-order valence-electron chi connectivity index (χ2n) is 6.61. The molecule has 1 aliphatic heterocycles. The summed E-state index contributed by atoms with van der Waals surface area (Å²) in [5.74, 6) is 1.62. The predicted octanol–water partition coefficient (Wildman–Crippen LogP) is 3.32. The molecule has 0 N–H and O–H groups in total. The first-order valence-corrected chi connectivity index (χ1v) is 8.77. The Morgan fingerprint density at radius 3 is 2.88 bits per heavy atom. The van der Waals surface area contributed by atoms with Crippen molar-refractivity contribution in [2.75, 3.05) is 6.54 Å². The van der Waals surface area contributed by atoms with Crippen LogP contribution in [0.4, 0.5) is 0 Å². The monoisotopic (exact) mass is 344 g/mol. The van der Waals surface area contributed by atoms with E-state index in [0.717, 1.165) is 25.7 Å². The molecule has 25 heavy (non-hydrogen) atoms. The van der Waals surface area contributed by atoms with E-state index in [1.165, 1.54) is 0 Å². The lowest BCUT2D eigenvalue weighted by Gasteiger charge is -2.28. The molecule has 2 aromatic rings. The van der Waals surface area contributed by atoms with Crippen LogP contribution in [0.15, 0.2) is 23.0 Å². The molecule has 0 spiro atoms. The zero-order valence-corrected chi connectivity index (χ0v) is 14.9. The fourth-order valence-corrected chi connectivity index (χ4v) is 3.11. The first-order valence-electron chi connectivity index (χ1n) is 8.77. The number of ether oxygens (including phenoxy) is 1. The summed E-state index contributed by atoms with van der Waals surface area (Å²) >= 11 is 0. The first kappa shape index (κ1) is 17.4. The lowest BCUT2D eigenvalue weighted by atomic mass is 10.1. The van der Waals surface area contributed by atoms with Crippen molar-refractivity contribution in [2.45, 2.75) is 58.6 Å². The van der Waals surface area contributed by atoms with E-state index in [0.29, 0.717) is 29.6 Å². The number of pyridine rings is 1. The number of likely N-dealkylation sites (tertiary alicyclic amines) is 1. The van der Waals surface area contributed by atoms with E-state index in [2.05, 4.69) is 15.1 Å². The fourth-order valence-electron chi connectivity index (χ4n) is 3.11. The number of amides is 1. The van der Waals surface area contributed by atoms with E-state index in [4.69, 9.17) is 9.26 Å². The second kappa shape index (κ2) is 7.63. The van der Waals surface area contributed by atoms with Gasteiger partial charge >= 0.3 is 0 Å². The Kier molecular flexibility index (Phi) is 5.31. The standard InChI is InChI=1S/C18H24N4O3/c1-12(2)24-15-9-14(10-19-11-15)18(23)22-8-6-4-5-7-16(22)17-20-13(3)25-21-17/h9-12,16H,4-8H2,1-3H3. The van der Waals surface area contributed by atoms with E-state index >= 15 is 0 Å². The third-order valence-electron chi connectivity index (χ3n) is 4.19. The summed E-state index contributed by atoms with van der Waals surface area (Å²) in [6, 6.07) is 1.58. The van der Waals surface area contributed by atoms with Crippen molar-refractivity contribution in [3.63, 3.8) is 0 Å². The molecule has 0 aliphatic carbocycles. The van der Waals surface area contributed by atoms with Gasteiger partial charge in [0, 0.05) is 19.7 Å². The van der Waals surface area contributed by atoms with Crippen molar-refractivity contribution < 1.29 is 14.1 Å². The van der Waals surface area contributed by atoms with Crippen molar-refractivity contribution in [3.05, 3.63) is 35.7 Å². The Hall–Kier alpha value is -2.44. The van der Waals surface area contributed by atoms with E-state index in [1.807, 2.05) is 18.7 Å². The fraction of sp³-hybridized carbons (Fsp3) is 0.556. The Morgan fingerprint density at radius 1 is 1.32 bits per heavy atom. The number of hydrogen-bond donors (Lipinski definition) is 0. The molecule has 1 atom stereocenters. The molecule has 134 valence electrons. The van der Waals surface area contributed by atoms with Gasteiger partial charge in [0.15, 0.2) is 5.82 Å². The lowest BCUT2D eigenvalue weighted by molar-refractivity contribution is 0.0669. The molecule has 0 saturated carbocycles. The quantitative estimate of drug-likeness (QED) is 0.846. The molecule has 1 aliphatic rings. The van der Waals surface area contributed by atoms with E-state index in [-0.39, 0.29) is 18.1 Å². The number of aryl methyl sites for hydroxylation is 1. The molecule has 7 nitrogen and oxygen atoms in total. The van der Waals surface area contributed by atoms with Crippen LogP contribution in [0, 0.1) is 6.92 Å². The van der Waals surface area contributed by atoms with Gasteiger partial charge in [-0.1, -0.05) is 18.0 Å². The van der Waals surface area contributed by atoms with Gasteiger partial charge in [0.25, 0.3) is 5.91 Å². The zero-order chi connectivity index (χ0) is 17.8. The summed E-state index contributed by atoms with van der Waals surface area (Å²) in [5.41, 5.74) is 0.519. The highest BCUT2D eigenvalue weighted by Gasteiger charge is 2.31. The van der Waals surface area contributed by atoms with E-state index in [9.17, 15) is 4.79 Å². The van der Waals surface area contributed by atoms with Crippen LogP contribution in [-0.4, -0.2) is 38.6 Å². The molecule has 1 saturated heterocycles. The van der Waals surface area contributed by atoms with Gasteiger partial charge in [0.05, 0.1) is 23.9 Å². The lowest BCUT2D eigenvalue weighted by Crippen LogP contribution is -2.35. The molecule has 1 fully saturated rings. The van der Waals surface area contributed by atoms with Crippen molar-refractivity contribution in [2.24, 2.45) is 0 Å². The maximum atomic E-state index is 13.1. The summed E-state index contributed by atoms with van der Waals surface area (Å²) in [5, 5.41) is 4.04. The Labute approximate surface area is 147 Å². The molecule has 7 heteroatoms. The van der Waals surface area contributed by atoms with Crippen molar-refractivity contribution in [1.29, 1.82) is 0 Å². The summed E-state index contributed by atoms with van der Waals surface area (Å²) in [6.45, 7) is 6.32. The molecule has 3 rings (SSSR count). The van der Waals surface area contributed by atoms with Crippen LogP contribution in [-0.2, 0) is 0 Å². The number of carbonyl (C=O) groups is 1. The molecule has 1 amide bonds. The van der Waals surface area contributed by atoms with Gasteiger partial charge in [-0.25, -0.2) is 0 Å². The molecule has 2 aromatic heterocycles.